The van der Waals surface area contributed by atoms with Gasteiger partial charge in [-0.05, 0) is 30.7 Å². The van der Waals surface area contributed by atoms with Crippen molar-refractivity contribution in [1.29, 1.82) is 5.26 Å². The normalized spacial score (nSPS) is 10.8. The van der Waals surface area contributed by atoms with Crippen molar-refractivity contribution in [3.05, 3.63) is 53.6 Å². The van der Waals surface area contributed by atoms with Crippen LogP contribution in [0.25, 0.3) is 0 Å². The van der Waals surface area contributed by atoms with Gasteiger partial charge in [-0.3, -0.25) is 4.72 Å². The van der Waals surface area contributed by atoms with Crippen LogP contribution in [0.4, 0.5) is 11.4 Å². The number of sulfonamides is 1. The average molecular weight is 287 g/mol. The van der Waals surface area contributed by atoms with E-state index in [-0.39, 0.29) is 16.3 Å². The summed E-state index contributed by atoms with van der Waals surface area (Å²) < 4.78 is 27.0. The molecule has 0 bridgehead atoms. The highest BCUT2D eigenvalue weighted by atomic mass is 32.2. The van der Waals surface area contributed by atoms with Crippen LogP contribution in [0.2, 0.25) is 0 Å². The highest BCUT2D eigenvalue weighted by molar-refractivity contribution is 7.92. The second-order valence-electron chi connectivity index (χ2n) is 4.25. The van der Waals surface area contributed by atoms with E-state index < -0.39 is 10.0 Å². The summed E-state index contributed by atoms with van der Waals surface area (Å²) in [6, 6.07) is 13.1. The first kappa shape index (κ1) is 13.9. The SMILES string of the molecule is Cc1cccc(NS(=O)(=O)c2ccccc2N)c1C#N. The molecule has 0 aliphatic rings. The molecule has 6 heteroatoms. The molecule has 2 aromatic rings. The van der Waals surface area contributed by atoms with Gasteiger partial charge in [0.1, 0.15) is 11.0 Å². The Labute approximate surface area is 117 Å². The lowest BCUT2D eigenvalue weighted by Gasteiger charge is -2.12. The Kier molecular flexibility index (Phi) is 3.63. The Morgan fingerprint density at radius 1 is 1.15 bits per heavy atom. The van der Waals surface area contributed by atoms with E-state index in [1.807, 2.05) is 6.07 Å². The summed E-state index contributed by atoms with van der Waals surface area (Å²) >= 11 is 0. The van der Waals surface area contributed by atoms with Crippen LogP contribution in [-0.4, -0.2) is 8.42 Å². The number of nitrogens with zero attached hydrogens (tertiary/aromatic N) is 1. The van der Waals surface area contributed by atoms with Crippen LogP contribution in [0.5, 0.6) is 0 Å². The molecule has 20 heavy (non-hydrogen) atoms. The van der Waals surface area contributed by atoms with Crippen molar-refractivity contribution in [2.24, 2.45) is 0 Å². The van der Waals surface area contributed by atoms with Gasteiger partial charge in [-0.25, -0.2) is 8.42 Å². The quantitative estimate of drug-likeness (QED) is 0.846. The Balaban J connectivity index is 2.48. The molecule has 0 fully saturated rings. The van der Waals surface area contributed by atoms with Crippen molar-refractivity contribution in [1.82, 2.24) is 0 Å². The molecule has 2 rings (SSSR count). The number of rotatable bonds is 3. The predicted molar refractivity (Wildman–Crippen MR) is 77.6 cm³/mol. The first-order chi connectivity index (χ1) is 9.45. The highest BCUT2D eigenvalue weighted by Crippen LogP contribution is 2.24. The van der Waals surface area contributed by atoms with E-state index in [4.69, 9.17) is 11.0 Å². The minimum atomic E-state index is -3.82. The third-order valence-electron chi connectivity index (χ3n) is 2.84. The van der Waals surface area contributed by atoms with Crippen molar-refractivity contribution in [2.45, 2.75) is 11.8 Å². The van der Waals surface area contributed by atoms with Gasteiger partial charge in [0, 0.05) is 0 Å². The maximum atomic E-state index is 12.3. The summed E-state index contributed by atoms with van der Waals surface area (Å²) in [6.45, 7) is 1.74. The summed E-state index contributed by atoms with van der Waals surface area (Å²) in [6.07, 6.45) is 0. The van der Waals surface area contributed by atoms with Crippen LogP contribution in [0.3, 0.4) is 0 Å². The molecule has 102 valence electrons. The van der Waals surface area contributed by atoms with Gasteiger partial charge in [0.25, 0.3) is 10.0 Å². The molecule has 0 saturated heterocycles. The van der Waals surface area contributed by atoms with E-state index in [1.165, 1.54) is 12.1 Å². The van der Waals surface area contributed by atoms with Gasteiger partial charge in [-0.15, -0.1) is 0 Å². The molecule has 0 unspecified atom stereocenters. The molecule has 0 saturated carbocycles. The maximum Gasteiger partial charge on any atom is 0.263 e. The van der Waals surface area contributed by atoms with Crippen molar-refractivity contribution < 1.29 is 8.42 Å². The van der Waals surface area contributed by atoms with Crippen LogP contribution in [0.1, 0.15) is 11.1 Å². The minimum Gasteiger partial charge on any atom is -0.398 e. The molecule has 0 spiro atoms. The fourth-order valence-electron chi connectivity index (χ4n) is 1.83. The van der Waals surface area contributed by atoms with Gasteiger partial charge < -0.3 is 5.73 Å². The smallest absolute Gasteiger partial charge is 0.263 e. The number of hydrogen-bond acceptors (Lipinski definition) is 4. The van der Waals surface area contributed by atoms with E-state index in [9.17, 15) is 8.42 Å². The second kappa shape index (κ2) is 5.23. The summed E-state index contributed by atoms with van der Waals surface area (Å²) in [4.78, 5) is -0.00889. The molecule has 3 N–H and O–H groups in total. The number of nitrogens with two attached hydrogens (primary N) is 1. The molecular formula is C14H13N3O2S. The lowest BCUT2D eigenvalue weighted by Crippen LogP contribution is -2.15. The van der Waals surface area contributed by atoms with Crippen molar-refractivity contribution in [3.8, 4) is 6.07 Å². The fraction of sp³-hybridized carbons (Fsp3) is 0.0714. The molecule has 0 aromatic heterocycles. The fourth-order valence-corrected chi connectivity index (χ4v) is 3.03. The zero-order valence-electron chi connectivity index (χ0n) is 10.8. The summed E-state index contributed by atoms with van der Waals surface area (Å²) in [5.41, 5.74) is 7.08. The van der Waals surface area contributed by atoms with E-state index in [0.717, 1.165) is 0 Å². The summed E-state index contributed by atoms with van der Waals surface area (Å²) in [5.74, 6) is 0. The molecule has 0 atom stereocenters. The molecule has 0 amide bonds. The third kappa shape index (κ3) is 2.58. The van der Waals surface area contributed by atoms with E-state index in [0.29, 0.717) is 11.1 Å². The van der Waals surface area contributed by atoms with Crippen molar-refractivity contribution >= 4 is 21.4 Å². The van der Waals surface area contributed by atoms with Crippen molar-refractivity contribution in [3.63, 3.8) is 0 Å². The lowest BCUT2D eigenvalue weighted by atomic mass is 10.1. The molecule has 0 heterocycles. The van der Waals surface area contributed by atoms with E-state index in [1.54, 1.807) is 37.3 Å². The van der Waals surface area contributed by atoms with Gasteiger partial charge in [-0.2, -0.15) is 5.26 Å². The Bertz CT molecular complexity index is 792. The van der Waals surface area contributed by atoms with Gasteiger partial charge in [0.2, 0.25) is 0 Å². The van der Waals surface area contributed by atoms with Crippen LogP contribution in [-0.2, 0) is 10.0 Å². The van der Waals surface area contributed by atoms with E-state index >= 15 is 0 Å². The standard InChI is InChI=1S/C14H13N3O2S/c1-10-5-4-7-13(11(10)9-15)17-20(18,19)14-8-3-2-6-12(14)16/h2-8,17H,16H2,1H3. The number of hydrogen-bond donors (Lipinski definition) is 2. The molecule has 2 aromatic carbocycles. The first-order valence-electron chi connectivity index (χ1n) is 5.83. The monoisotopic (exact) mass is 287 g/mol. The number of nitriles is 1. The van der Waals surface area contributed by atoms with Gasteiger partial charge in [-0.1, -0.05) is 24.3 Å². The highest BCUT2D eigenvalue weighted by Gasteiger charge is 2.18. The molecular weight excluding hydrogens is 274 g/mol. The number of para-hydroxylation sites is 1. The number of aryl methyl sites for hydroxylation is 1. The zero-order chi connectivity index (χ0) is 14.8. The first-order valence-corrected chi connectivity index (χ1v) is 7.31. The topological polar surface area (TPSA) is 96.0 Å². The number of nitrogen functional groups attached to an aromatic ring is 1. The van der Waals surface area contributed by atoms with Gasteiger partial charge in [0.15, 0.2) is 0 Å². The summed E-state index contributed by atoms with van der Waals surface area (Å²) in [5, 5.41) is 9.11. The Morgan fingerprint density at radius 2 is 1.85 bits per heavy atom. The number of nitrogens with one attached hydrogen (secondary N) is 1. The van der Waals surface area contributed by atoms with Gasteiger partial charge >= 0.3 is 0 Å². The Morgan fingerprint density at radius 3 is 2.50 bits per heavy atom. The second-order valence-corrected chi connectivity index (χ2v) is 5.90. The van der Waals surface area contributed by atoms with Crippen LogP contribution >= 0.6 is 0 Å². The van der Waals surface area contributed by atoms with Gasteiger partial charge in [0.05, 0.1) is 16.9 Å². The van der Waals surface area contributed by atoms with E-state index in [2.05, 4.69) is 4.72 Å². The van der Waals surface area contributed by atoms with Crippen LogP contribution < -0.4 is 10.5 Å². The number of benzene rings is 2. The zero-order valence-corrected chi connectivity index (χ0v) is 11.6. The van der Waals surface area contributed by atoms with Crippen LogP contribution in [0.15, 0.2) is 47.4 Å². The predicted octanol–water partition coefficient (Wildman–Crippen LogP) is 2.25. The number of anilines is 2. The molecule has 5 nitrogen and oxygen atoms in total. The molecule has 0 aliphatic carbocycles. The van der Waals surface area contributed by atoms with Crippen LogP contribution in [0, 0.1) is 18.3 Å². The lowest BCUT2D eigenvalue weighted by molar-refractivity contribution is 0.601. The van der Waals surface area contributed by atoms with Crippen molar-refractivity contribution in [2.75, 3.05) is 10.5 Å². The molecule has 0 aliphatic heterocycles. The molecule has 0 radical (unpaired) electrons. The Hall–Kier alpha value is -2.52. The largest absolute Gasteiger partial charge is 0.398 e. The third-order valence-corrected chi connectivity index (χ3v) is 4.28. The maximum absolute atomic E-state index is 12.3. The average Bonchev–Trinajstić information content (AvgIpc) is 2.39. The minimum absolute atomic E-state index is 0.00889. The summed E-state index contributed by atoms with van der Waals surface area (Å²) in [7, 11) is -3.82.